The molecule has 0 saturated carbocycles. The molecule has 2 nitrogen and oxygen atoms in total. The molecule has 14 heavy (non-hydrogen) atoms. The molecule has 1 aliphatic rings. The fraction of sp³-hybridized carbons (Fsp3) is 0.222. The number of halogens is 3. The van der Waals surface area contributed by atoms with Gasteiger partial charge < -0.3 is 4.90 Å². The Balaban J connectivity index is 2.63. The van der Waals surface area contributed by atoms with E-state index in [1.165, 1.54) is 6.20 Å². The molecule has 0 fully saturated rings. The molecule has 1 aromatic heterocycles. The standard InChI is InChI=1S/C9H7Cl2FN2/c1-14-3-6-5(7(10)4-14)2-13-9(11)8(6)12/h2,4H,3H2,1H3. The first-order valence-electron chi connectivity index (χ1n) is 4.00. The Morgan fingerprint density at radius 3 is 2.93 bits per heavy atom. The summed E-state index contributed by atoms with van der Waals surface area (Å²) in [6, 6.07) is 0. The molecular weight excluding hydrogens is 226 g/mol. The van der Waals surface area contributed by atoms with Crippen LogP contribution in [0.2, 0.25) is 5.15 Å². The van der Waals surface area contributed by atoms with Crippen LogP contribution in [0, 0.1) is 5.82 Å². The summed E-state index contributed by atoms with van der Waals surface area (Å²) >= 11 is 11.5. The van der Waals surface area contributed by atoms with Gasteiger partial charge in [0.15, 0.2) is 11.0 Å². The Morgan fingerprint density at radius 1 is 1.50 bits per heavy atom. The Labute approximate surface area is 90.9 Å². The van der Waals surface area contributed by atoms with Crippen molar-refractivity contribution in [3.8, 4) is 0 Å². The molecule has 0 spiro atoms. The molecule has 1 aliphatic heterocycles. The number of hydrogen-bond acceptors (Lipinski definition) is 2. The molecule has 0 aliphatic carbocycles. The molecule has 0 aromatic carbocycles. The van der Waals surface area contributed by atoms with Crippen molar-refractivity contribution in [1.29, 1.82) is 0 Å². The molecule has 0 atom stereocenters. The Bertz CT molecular complexity index is 418. The SMILES string of the molecule is CN1C=C(Cl)c2cnc(Cl)c(F)c2C1. The Morgan fingerprint density at radius 2 is 2.21 bits per heavy atom. The first kappa shape index (κ1) is 9.74. The van der Waals surface area contributed by atoms with Crippen LogP contribution >= 0.6 is 23.2 Å². The maximum atomic E-state index is 13.5. The summed E-state index contributed by atoms with van der Waals surface area (Å²) in [6.07, 6.45) is 3.23. The van der Waals surface area contributed by atoms with Crippen LogP contribution in [-0.2, 0) is 6.54 Å². The zero-order valence-corrected chi connectivity index (χ0v) is 8.90. The number of pyridine rings is 1. The minimum Gasteiger partial charge on any atom is -0.375 e. The average Bonchev–Trinajstić information content (AvgIpc) is 2.12. The molecule has 0 amide bonds. The van der Waals surface area contributed by atoms with E-state index in [9.17, 15) is 4.39 Å². The van der Waals surface area contributed by atoms with E-state index in [1.54, 1.807) is 11.1 Å². The lowest BCUT2D eigenvalue weighted by molar-refractivity contribution is 0.431. The van der Waals surface area contributed by atoms with Gasteiger partial charge in [0, 0.05) is 37.1 Å². The number of hydrogen-bond donors (Lipinski definition) is 0. The van der Waals surface area contributed by atoms with Crippen LogP contribution in [-0.4, -0.2) is 16.9 Å². The number of nitrogens with zero attached hydrogens (tertiary/aromatic N) is 2. The van der Waals surface area contributed by atoms with Crippen molar-refractivity contribution >= 4 is 28.2 Å². The van der Waals surface area contributed by atoms with Gasteiger partial charge in [-0.25, -0.2) is 9.37 Å². The normalized spacial score (nSPS) is 15.1. The van der Waals surface area contributed by atoms with Gasteiger partial charge in [-0.1, -0.05) is 23.2 Å². The van der Waals surface area contributed by atoms with Crippen molar-refractivity contribution in [2.45, 2.75) is 6.54 Å². The zero-order chi connectivity index (χ0) is 10.3. The van der Waals surface area contributed by atoms with Gasteiger partial charge >= 0.3 is 0 Å². The highest BCUT2D eigenvalue weighted by Crippen LogP contribution is 2.31. The molecule has 0 N–H and O–H groups in total. The fourth-order valence-corrected chi connectivity index (χ4v) is 1.91. The molecule has 1 aromatic rings. The second kappa shape index (κ2) is 3.41. The summed E-state index contributed by atoms with van der Waals surface area (Å²) in [5, 5.41) is 0.375. The summed E-state index contributed by atoms with van der Waals surface area (Å²) in [6.45, 7) is 0.458. The lowest BCUT2D eigenvalue weighted by Crippen LogP contribution is -2.17. The molecular formula is C9H7Cl2FN2. The van der Waals surface area contributed by atoms with E-state index in [-0.39, 0.29) is 5.15 Å². The highest BCUT2D eigenvalue weighted by molar-refractivity contribution is 6.49. The largest absolute Gasteiger partial charge is 0.375 e. The monoisotopic (exact) mass is 232 g/mol. The van der Waals surface area contributed by atoms with Crippen molar-refractivity contribution in [2.24, 2.45) is 0 Å². The van der Waals surface area contributed by atoms with Gasteiger partial charge in [-0.05, 0) is 0 Å². The molecule has 5 heteroatoms. The summed E-state index contributed by atoms with van der Waals surface area (Å²) in [5.74, 6) is -0.484. The Hall–Kier alpha value is -0.800. The minimum absolute atomic E-state index is 0.108. The number of rotatable bonds is 0. The predicted molar refractivity (Wildman–Crippen MR) is 54.5 cm³/mol. The van der Waals surface area contributed by atoms with Crippen LogP contribution in [0.25, 0.3) is 5.03 Å². The number of fused-ring (bicyclic) bond motifs is 1. The molecule has 74 valence electrons. The van der Waals surface area contributed by atoms with E-state index in [2.05, 4.69) is 4.98 Å². The topological polar surface area (TPSA) is 16.1 Å². The van der Waals surface area contributed by atoms with Crippen molar-refractivity contribution < 1.29 is 4.39 Å². The first-order valence-corrected chi connectivity index (χ1v) is 4.76. The van der Waals surface area contributed by atoms with E-state index < -0.39 is 5.82 Å². The fourth-order valence-electron chi connectivity index (χ4n) is 1.42. The maximum Gasteiger partial charge on any atom is 0.166 e. The first-order chi connectivity index (χ1) is 6.59. The van der Waals surface area contributed by atoms with E-state index in [4.69, 9.17) is 23.2 Å². The summed E-state index contributed by atoms with van der Waals surface area (Å²) in [4.78, 5) is 5.51. The molecule has 0 unspecified atom stereocenters. The third-order valence-electron chi connectivity index (χ3n) is 2.08. The molecule has 2 heterocycles. The highest BCUT2D eigenvalue weighted by atomic mass is 35.5. The van der Waals surface area contributed by atoms with E-state index in [1.807, 2.05) is 7.05 Å². The third-order valence-corrected chi connectivity index (χ3v) is 2.64. The zero-order valence-electron chi connectivity index (χ0n) is 7.39. The summed E-state index contributed by atoms with van der Waals surface area (Å²) in [7, 11) is 1.82. The van der Waals surface area contributed by atoms with Gasteiger partial charge in [-0.2, -0.15) is 0 Å². The van der Waals surface area contributed by atoms with Gasteiger partial charge in [0.05, 0.1) is 5.03 Å². The maximum absolute atomic E-state index is 13.5. The highest BCUT2D eigenvalue weighted by Gasteiger charge is 2.20. The van der Waals surface area contributed by atoms with Crippen LogP contribution in [0.4, 0.5) is 4.39 Å². The van der Waals surface area contributed by atoms with Crippen LogP contribution in [0.15, 0.2) is 12.4 Å². The van der Waals surface area contributed by atoms with Crippen molar-refractivity contribution in [3.63, 3.8) is 0 Å². The minimum atomic E-state index is -0.484. The lowest BCUT2D eigenvalue weighted by Gasteiger charge is -2.23. The second-order valence-electron chi connectivity index (χ2n) is 3.15. The second-order valence-corrected chi connectivity index (χ2v) is 3.91. The van der Waals surface area contributed by atoms with E-state index >= 15 is 0 Å². The summed E-state index contributed by atoms with van der Waals surface area (Å²) < 4.78 is 13.5. The summed E-state index contributed by atoms with van der Waals surface area (Å²) in [5.41, 5.74) is 1.12. The van der Waals surface area contributed by atoms with Crippen LogP contribution in [0.1, 0.15) is 11.1 Å². The van der Waals surface area contributed by atoms with Gasteiger partial charge in [0.1, 0.15) is 0 Å². The van der Waals surface area contributed by atoms with Gasteiger partial charge in [-0.15, -0.1) is 0 Å². The molecule has 2 rings (SSSR count). The molecule has 0 bridgehead atoms. The molecule has 0 radical (unpaired) electrons. The lowest BCUT2D eigenvalue weighted by atomic mass is 10.1. The van der Waals surface area contributed by atoms with Crippen molar-refractivity contribution in [2.75, 3.05) is 7.05 Å². The molecule has 0 saturated heterocycles. The average molecular weight is 233 g/mol. The quantitative estimate of drug-likeness (QED) is 0.640. The number of aromatic nitrogens is 1. The van der Waals surface area contributed by atoms with Crippen molar-refractivity contribution in [1.82, 2.24) is 9.88 Å². The smallest absolute Gasteiger partial charge is 0.166 e. The third kappa shape index (κ3) is 1.47. The van der Waals surface area contributed by atoms with E-state index in [0.29, 0.717) is 22.7 Å². The van der Waals surface area contributed by atoms with Crippen LogP contribution < -0.4 is 0 Å². The van der Waals surface area contributed by atoms with Gasteiger partial charge in [0.25, 0.3) is 0 Å². The van der Waals surface area contributed by atoms with Gasteiger partial charge in [-0.3, -0.25) is 0 Å². The van der Waals surface area contributed by atoms with Gasteiger partial charge in [0.2, 0.25) is 0 Å². The Kier molecular flexibility index (Phi) is 2.37. The van der Waals surface area contributed by atoms with Crippen LogP contribution in [0.5, 0.6) is 0 Å². The van der Waals surface area contributed by atoms with E-state index in [0.717, 1.165) is 0 Å². The van der Waals surface area contributed by atoms with Crippen LogP contribution in [0.3, 0.4) is 0 Å². The van der Waals surface area contributed by atoms with Crippen molar-refractivity contribution in [3.05, 3.63) is 34.5 Å². The predicted octanol–water partition coefficient (Wildman–Crippen LogP) is 2.86.